The maximum Gasteiger partial charge on any atom is 0.224 e. The van der Waals surface area contributed by atoms with Gasteiger partial charge in [-0.05, 0) is 60.2 Å². The Morgan fingerprint density at radius 3 is 2.86 bits per heavy atom. The van der Waals surface area contributed by atoms with Crippen LogP contribution in [0.15, 0.2) is 53.0 Å². The fraction of sp³-hybridized carbons (Fsp3) is 0.348. The van der Waals surface area contributed by atoms with Crippen LogP contribution in [0.25, 0.3) is 0 Å². The first-order valence-corrected chi connectivity index (χ1v) is 10.6. The van der Waals surface area contributed by atoms with E-state index in [1.807, 2.05) is 38.1 Å². The predicted molar refractivity (Wildman–Crippen MR) is 117 cm³/mol. The van der Waals surface area contributed by atoms with Crippen molar-refractivity contribution in [1.29, 1.82) is 0 Å². The molecule has 4 rings (SSSR count). The number of phenolic OH excluding ortho intramolecular Hbond substituents is 1. The van der Waals surface area contributed by atoms with Crippen molar-refractivity contribution in [3.8, 4) is 5.75 Å². The Bertz CT molecular complexity index is 938. The maximum atomic E-state index is 12.2. The number of amides is 1. The second kappa shape index (κ2) is 7.63. The van der Waals surface area contributed by atoms with Crippen LogP contribution in [-0.2, 0) is 4.79 Å². The summed E-state index contributed by atoms with van der Waals surface area (Å²) in [7, 11) is 0. The molecule has 1 aliphatic carbocycles. The van der Waals surface area contributed by atoms with E-state index in [9.17, 15) is 9.90 Å². The second-order valence-electron chi connectivity index (χ2n) is 8.13. The van der Waals surface area contributed by atoms with Gasteiger partial charge in [-0.15, -0.1) is 0 Å². The van der Waals surface area contributed by atoms with E-state index in [4.69, 9.17) is 0 Å². The van der Waals surface area contributed by atoms with E-state index in [-0.39, 0.29) is 17.9 Å². The fourth-order valence-electron chi connectivity index (χ4n) is 4.34. The molecule has 4 nitrogen and oxygen atoms in total. The lowest BCUT2D eigenvalue weighted by atomic mass is 9.76. The van der Waals surface area contributed by atoms with E-state index in [2.05, 4.69) is 44.8 Å². The molecular weight excluding hydrogens is 416 g/mol. The van der Waals surface area contributed by atoms with E-state index in [1.54, 1.807) is 6.07 Å². The fourth-order valence-corrected chi connectivity index (χ4v) is 4.72. The topological polar surface area (TPSA) is 61.4 Å². The van der Waals surface area contributed by atoms with E-state index in [0.717, 1.165) is 27.8 Å². The lowest BCUT2D eigenvalue weighted by molar-refractivity contribution is -0.116. The summed E-state index contributed by atoms with van der Waals surface area (Å²) in [6, 6.07) is 11.7. The van der Waals surface area contributed by atoms with Crippen molar-refractivity contribution in [2.45, 2.75) is 38.6 Å². The minimum absolute atomic E-state index is 0.0337. The zero-order valence-electron chi connectivity index (χ0n) is 16.1. The normalized spacial score (nSPS) is 22.5. The number of phenols is 1. The third-order valence-electron chi connectivity index (χ3n) is 5.56. The molecule has 1 aliphatic heterocycles. The Balaban J connectivity index is 1.65. The summed E-state index contributed by atoms with van der Waals surface area (Å²) >= 11 is 3.52. The third-order valence-corrected chi connectivity index (χ3v) is 6.06. The number of halogens is 1. The highest BCUT2D eigenvalue weighted by Crippen LogP contribution is 2.51. The summed E-state index contributed by atoms with van der Waals surface area (Å²) in [4.78, 5) is 12.2. The SMILES string of the molecule is CC(C)CC(=O)Nc1ccc2c(c1)C1C=CCC1C(c1cc(Br)ccc1O)N2. The molecule has 0 aromatic heterocycles. The number of carbonyl (C=O) groups is 1. The van der Waals surface area contributed by atoms with Gasteiger partial charge in [0.05, 0.1) is 6.04 Å². The minimum Gasteiger partial charge on any atom is -0.508 e. The Labute approximate surface area is 174 Å². The largest absolute Gasteiger partial charge is 0.508 e. The molecule has 3 N–H and O–H groups in total. The van der Waals surface area contributed by atoms with Crippen LogP contribution in [0.1, 0.15) is 49.8 Å². The van der Waals surface area contributed by atoms with Crippen LogP contribution in [-0.4, -0.2) is 11.0 Å². The number of carbonyl (C=O) groups excluding carboxylic acids is 1. The highest BCUT2D eigenvalue weighted by Gasteiger charge is 2.39. The van der Waals surface area contributed by atoms with Crippen LogP contribution in [0.5, 0.6) is 5.75 Å². The summed E-state index contributed by atoms with van der Waals surface area (Å²) in [6.07, 6.45) is 5.95. The molecule has 28 heavy (non-hydrogen) atoms. The van der Waals surface area contributed by atoms with Gasteiger partial charge in [-0.2, -0.15) is 0 Å². The number of nitrogens with one attached hydrogen (secondary N) is 2. The van der Waals surface area contributed by atoms with E-state index in [1.165, 1.54) is 5.56 Å². The Morgan fingerprint density at radius 2 is 2.07 bits per heavy atom. The van der Waals surface area contributed by atoms with Gasteiger partial charge in [-0.3, -0.25) is 4.79 Å². The maximum absolute atomic E-state index is 12.2. The average Bonchev–Trinajstić information content (AvgIpc) is 3.13. The second-order valence-corrected chi connectivity index (χ2v) is 9.04. The molecule has 146 valence electrons. The molecule has 1 amide bonds. The van der Waals surface area contributed by atoms with Gasteiger partial charge in [0, 0.05) is 33.7 Å². The van der Waals surface area contributed by atoms with Crippen molar-refractivity contribution in [1.82, 2.24) is 0 Å². The predicted octanol–water partition coefficient (Wildman–Crippen LogP) is 5.97. The highest BCUT2D eigenvalue weighted by molar-refractivity contribution is 9.10. The van der Waals surface area contributed by atoms with Crippen LogP contribution in [0.4, 0.5) is 11.4 Å². The number of hydrogen-bond donors (Lipinski definition) is 3. The highest BCUT2D eigenvalue weighted by atomic mass is 79.9. The van der Waals surface area contributed by atoms with Crippen LogP contribution in [0.3, 0.4) is 0 Å². The molecule has 1 heterocycles. The molecule has 2 aromatic carbocycles. The van der Waals surface area contributed by atoms with Gasteiger partial charge in [-0.25, -0.2) is 0 Å². The van der Waals surface area contributed by atoms with E-state index >= 15 is 0 Å². The third kappa shape index (κ3) is 3.68. The standard InChI is InChI=1S/C23H25BrN2O2/c1-13(2)10-22(28)25-15-7-8-20-18(12-15)16-4-3-5-17(16)23(26-20)19-11-14(24)6-9-21(19)27/h3-4,6-9,11-13,16-17,23,26-27H,5,10H2,1-2H3,(H,25,28). The number of anilines is 2. The number of allylic oxidation sites excluding steroid dienone is 2. The first-order chi connectivity index (χ1) is 13.4. The van der Waals surface area contributed by atoms with Crippen molar-refractivity contribution >= 4 is 33.2 Å². The van der Waals surface area contributed by atoms with Crippen molar-refractivity contribution in [3.63, 3.8) is 0 Å². The van der Waals surface area contributed by atoms with Gasteiger partial charge < -0.3 is 15.7 Å². The lowest BCUT2D eigenvalue weighted by Crippen LogP contribution is -2.29. The monoisotopic (exact) mass is 440 g/mol. The molecule has 0 saturated carbocycles. The zero-order valence-corrected chi connectivity index (χ0v) is 17.7. The van der Waals surface area contributed by atoms with Gasteiger partial charge in [0.25, 0.3) is 0 Å². The zero-order chi connectivity index (χ0) is 19.8. The molecule has 3 atom stereocenters. The van der Waals surface area contributed by atoms with Gasteiger partial charge in [0.1, 0.15) is 5.75 Å². The van der Waals surface area contributed by atoms with Crippen LogP contribution >= 0.6 is 15.9 Å². The van der Waals surface area contributed by atoms with Gasteiger partial charge in [0.2, 0.25) is 5.91 Å². The summed E-state index contributed by atoms with van der Waals surface area (Å²) < 4.78 is 0.957. The molecule has 0 spiro atoms. The Hall–Kier alpha value is -2.27. The molecule has 0 bridgehead atoms. The number of rotatable bonds is 4. The van der Waals surface area contributed by atoms with Crippen molar-refractivity contribution in [2.24, 2.45) is 11.8 Å². The molecular formula is C23H25BrN2O2. The smallest absolute Gasteiger partial charge is 0.224 e. The lowest BCUT2D eigenvalue weighted by Gasteiger charge is -2.38. The van der Waals surface area contributed by atoms with Crippen molar-refractivity contribution < 1.29 is 9.90 Å². The van der Waals surface area contributed by atoms with Crippen molar-refractivity contribution in [3.05, 3.63) is 64.1 Å². The van der Waals surface area contributed by atoms with Crippen LogP contribution in [0, 0.1) is 11.8 Å². The van der Waals surface area contributed by atoms with Crippen molar-refractivity contribution in [2.75, 3.05) is 10.6 Å². The summed E-state index contributed by atoms with van der Waals surface area (Å²) in [5, 5.41) is 17.1. The minimum atomic E-state index is 0.0337. The molecule has 0 radical (unpaired) electrons. The number of hydrogen-bond acceptors (Lipinski definition) is 3. The molecule has 2 aromatic rings. The van der Waals surface area contributed by atoms with Crippen LogP contribution < -0.4 is 10.6 Å². The first-order valence-electron chi connectivity index (χ1n) is 9.78. The quantitative estimate of drug-likeness (QED) is 0.513. The van der Waals surface area contributed by atoms with E-state index < -0.39 is 0 Å². The molecule has 2 aliphatic rings. The number of fused-ring (bicyclic) bond motifs is 3. The summed E-state index contributed by atoms with van der Waals surface area (Å²) in [5.41, 5.74) is 4.01. The molecule has 3 unspecified atom stereocenters. The molecule has 0 saturated heterocycles. The molecule has 0 fully saturated rings. The van der Waals surface area contributed by atoms with Gasteiger partial charge in [-0.1, -0.05) is 41.9 Å². The molecule has 5 heteroatoms. The average molecular weight is 441 g/mol. The first kappa shape index (κ1) is 19.1. The summed E-state index contributed by atoms with van der Waals surface area (Å²) in [5.74, 6) is 1.29. The van der Waals surface area contributed by atoms with Gasteiger partial charge in [0.15, 0.2) is 0 Å². The van der Waals surface area contributed by atoms with Gasteiger partial charge >= 0.3 is 0 Å². The number of aromatic hydroxyl groups is 1. The summed E-state index contributed by atoms with van der Waals surface area (Å²) in [6.45, 7) is 4.09. The van der Waals surface area contributed by atoms with E-state index in [0.29, 0.717) is 24.0 Å². The van der Waals surface area contributed by atoms with Crippen LogP contribution in [0.2, 0.25) is 0 Å². The number of benzene rings is 2. The Morgan fingerprint density at radius 1 is 1.25 bits per heavy atom. The Kier molecular flexibility index (Phi) is 5.19.